The first-order valence-electron chi connectivity index (χ1n) is 9.34. The largest absolute Gasteiger partial charge is 0.325 e. The Morgan fingerprint density at radius 1 is 1.21 bits per heavy atom. The Kier molecular flexibility index (Phi) is 5.16. The molecule has 28 heavy (non-hydrogen) atoms. The first kappa shape index (κ1) is 18.3. The Balaban J connectivity index is 1.46. The van der Waals surface area contributed by atoms with Crippen molar-refractivity contribution in [2.24, 2.45) is 7.05 Å². The van der Waals surface area contributed by atoms with E-state index in [1.165, 1.54) is 12.1 Å². The molecule has 3 aromatic rings. The van der Waals surface area contributed by atoms with Crippen molar-refractivity contribution in [3.05, 3.63) is 66.5 Å². The van der Waals surface area contributed by atoms with E-state index in [0.29, 0.717) is 6.54 Å². The molecule has 2 heterocycles. The summed E-state index contributed by atoms with van der Waals surface area (Å²) in [4.78, 5) is 15.0. The molecule has 4 rings (SSSR count). The monoisotopic (exact) mass is 379 g/mol. The fourth-order valence-corrected chi connectivity index (χ4v) is 3.59. The standard InChI is InChI=1S/C21H22FN5O/c1-26-14-23-25-20(26)13-27-11-3-6-19(27)21(28)24-18-5-2-4-16(12-18)15-7-9-17(22)10-8-15/h2,4-5,7-10,12,14,19H,3,6,11,13H2,1H3,(H,24,28)/t19-/m0/s1. The van der Waals surface area contributed by atoms with Gasteiger partial charge in [0.15, 0.2) is 0 Å². The highest BCUT2D eigenvalue weighted by molar-refractivity contribution is 5.95. The average molecular weight is 379 g/mol. The SMILES string of the molecule is Cn1cnnc1CN1CCC[C@H]1C(=O)Nc1cccc(-c2ccc(F)cc2)c1. The molecular weight excluding hydrogens is 357 g/mol. The van der Waals surface area contributed by atoms with Crippen LogP contribution in [-0.4, -0.2) is 38.2 Å². The van der Waals surface area contributed by atoms with Gasteiger partial charge in [0.25, 0.3) is 0 Å². The summed E-state index contributed by atoms with van der Waals surface area (Å²) >= 11 is 0. The molecule has 1 aliphatic heterocycles. The van der Waals surface area contributed by atoms with E-state index < -0.39 is 0 Å². The smallest absolute Gasteiger partial charge is 0.241 e. The molecule has 1 aliphatic rings. The fraction of sp³-hybridized carbons (Fsp3) is 0.286. The van der Waals surface area contributed by atoms with Crippen molar-refractivity contribution in [1.29, 1.82) is 0 Å². The molecule has 0 spiro atoms. The van der Waals surface area contributed by atoms with Gasteiger partial charge >= 0.3 is 0 Å². The number of anilines is 1. The highest BCUT2D eigenvalue weighted by Gasteiger charge is 2.31. The molecule has 2 aromatic carbocycles. The summed E-state index contributed by atoms with van der Waals surface area (Å²) in [6.45, 7) is 1.46. The number of hydrogen-bond donors (Lipinski definition) is 1. The number of hydrogen-bond acceptors (Lipinski definition) is 4. The number of carbonyl (C=O) groups excluding carboxylic acids is 1. The minimum Gasteiger partial charge on any atom is -0.325 e. The number of aryl methyl sites for hydroxylation is 1. The lowest BCUT2D eigenvalue weighted by Crippen LogP contribution is -2.39. The van der Waals surface area contributed by atoms with Crippen LogP contribution in [0.15, 0.2) is 54.9 Å². The van der Waals surface area contributed by atoms with Gasteiger partial charge in [-0.3, -0.25) is 9.69 Å². The second kappa shape index (κ2) is 7.90. The third kappa shape index (κ3) is 3.94. The van der Waals surface area contributed by atoms with Gasteiger partial charge in [-0.25, -0.2) is 4.39 Å². The highest BCUT2D eigenvalue weighted by Crippen LogP contribution is 2.25. The molecule has 7 heteroatoms. The van der Waals surface area contributed by atoms with E-state index in [4.69, 9.17) is 0 Å². The summed E-state index contributed by atoms with van der Waals surface area (Å²) in [6, 6.07) is 13.8. The van der Waals surface area contributed by atoms with Crippen LogP contribution in [-0.2, 0) is 18.4 Å². The number of likely N-dealkylation sites (tertiary alicyclic amines) is 1. The summed E-state index contributed by atoms with van der Waals surface area (Å²) in [7, 11) is 1.90. The molecule has 1 atom stereocenters. The van der Waals surface area contributed by atoms with Crippen LogP contribution < -0.4 is 5.32 Å². The summed E-state index contributed by atoms with van der Waals surface area (Å²) in [6.07, 6.45) is 3.47. The molecule has 1 N–H and O–H groups in total. The Morgan fingerprint density at radius 2 is 2.04 bits per heavy atom. The predicted octanol–water partition coefficient (Wildman–Crippen LogP) is 3.22. The van der Waals surface area contributed by atoms with Crippen LogP contribution >= 0.6 is 0 Å². The molecule has 144 valence electrons. The first-order chi connectivity index (χ1) is 13.6. The lowest BCUT2D eigenvalue weighted by Gasteiger charge is -2.23. The number of aromatic nitrogens is 3. The van der Waals surface area contributed by atoms with Crippen LogP contribution in [0.2, 0.25) is 0 Å². The molecule has 0 aliphatic carbocycles. The van der Waals surface area contributed by atoms with Gasteiger partial charge in [-0.15, -0.1) is 10.2 Å². The van der Waals surface area contributed by atoms with Gasteiger partial charge in [0.05, 0.1) is 12.6 Å². The number of rotatable bonds is 5. The molecule has 6 nitrogen and oxygen atoms in total. The van der Waals surface area contributed by atoms with Crippen molar-refractivity contribution in [2.75, 3.05) is 11.9 Å². The zero-order chi connectivity index (χ0) is 19.5. The van der Waals surface area contributed by atoms with E-state index >= 15 is 0 Å². The molecule has 1 aromatic heterocycles. The lowest BCUT2D eigenvalue weighted by molar-refractivity contribution is -0.120. The average Bonchev–Trinajstić information content (AvgIpc) is 3.32. The van der Waals surface area contributed by atoms with Crippen LogP contribution in [0, 0.1) is 5.82 Å². The van der Waals surface area contributed by atoms with E-state index in [1.54, 1.807) is 18.5 Å². The van der Waals surface area contributed by atoms with Gasteiger partial charge in [0.2, 0.25) is 5.91 Å². The zero-order valence-corrected chi connectivity index (χ0v) is 15.7. The van der Waals surface area contributed by atoms with Gasteiger partial charge in [-0.1, -0.05) is 24.3 Å². The van der Waals surface area contributed by atoms with E-state index in [2.05, 4.69) is 20.4 Å². The number of benzene rings is 2. The molecule has 0 radical (unpaired) electrons. The number of amides is 1. The highest BCUT2D eigenvalue weighted by atomic mass is 19.1. The molecule has 1 amide bonds. The number of halogens is 1. The van der Waals surface area contributed by atoms with Gasteiger partial charge in [-0.2, -0.15) is 0 Å². The van der Waals surface area contributed by atoms with Crippen molar-refractivity contribution in [3.8, 4) is 11.1 Å². The second-order valence-corrected chi connectivity index (χ2v) is 7.06. The van der Waals surface area contributed by atoms with Crippen LogP contribution in [0.3, 0.4) is 0 Å². The minimum absolute atomic E-state index is 0.0177. The van der Waals surface area contributed by atoms with Gasteiger partial charge in [-0.05, 0) is 54.8 Å². The number of nitrogens with one attached hydrogen (secondary N) is 1. The predicted molar refractivity (Wildman–Crippen MR) is 105 cm³/mol. The molecule has 0 bridgehead atoms. The van der Waals surface area contributed by atoms with Crippen LogP contribution in [0.1, 0.15) is 18.7 Å². The van der Waals surface area contributed by atoms with Crippen LogP contribution in [0.25, 0.3) is 11.1 Å². The lowest BCUT2D eigenvalue weighted by atomic mass is 10.0. The summed E-state index contributed by atoms with van der Waals surface area (Å²) in [5, 5.41) is 11.1. The van der Waals surface area contributed by atoms with E-state index in [0.717, 1.165) is 42.0 Å². The Morgan fingerprint density at radius 3 is 2.79 bits per heavy atom. The fourth-order valence-electron chi connectivity index (χ4n) is 3.59. The maximum Gasteiger partial charge on any atom is 0.241 e. The topological polar surface area (TPSA) is 63.1 Å². The van der Waals surface area contributed by atoms with Crippen LogP contribution in [0.4, 0.5) is 10.1 Å². The molecule has 0 unspecified atom stereocenters. The summed E-state index contributed by atoms with van der Waals surface area (Å²) in [5.41, 5.74) is 2.57. The summed E-state index contributed by atoms with van der Waals surface area (Å²) in [5.74, 6) is 0.561. The Bertz CT molecular complexity index is 969. The van der Waals surface area contributed by atoms with E-state index in [9.17, 15) is 9.18 Å². The van der Waals surface area contributed by atoms with Gasteiger partial charge < -0.3 is 9.88 Å². The van der Waals surface area contributed by atoms with E-state index in [1.807, 2.05) is 35.9 Å². The van der Waals surface area contributed by atoms with Crippen molar-refractivity contribution in [3.63, 3.8) is 0 Å². The first-order valence-corrected chi connectivity index (χ1v) is 9.34. The van der Waals surface area contributed by atoms with Crippen molar-refractivity contribution >= 4 is 11.6 Å². The van der Waals surface area contributed by atoms with Crippen molar-refractivity contribution < 1.29 is 9.18 Å². The minimum atomic E-state index is -0.266. The second-order valence-electron chi connectivity index (χ2n) is 7.06. The summed E-state index contributed by atoms with van der Waals surface area (Å²) < 4.78 is 15.0. The normalized spacial score (nSPS) is 17.0. The maximum absolute atomic E-state index is 13.2. The number of carbonyl (C=O) groups is 1. The third-order valence-corrected chi connectivity index (χ3v) is 5.12. The quantitative estimate of drug-likeness (QED) is 0.739. The molecule has 1 saturated heterocycles. The molecule has 1 fully saturated rings. The van der Waals surface area contributed by atoms with Gasteiger partial charge in [0.1, 0.15) is 18.0 Å². The Hall–Kier alpha value is -3.06. The van der Waals surface area contributed by atoms with Crippen molar-refractivity contribution in [1.82, 2.24) is 19.7 Å². The number of nitrogens with zero attached hydrogens (tertiary/aromatic N) is 4. The van der Waals surface area contributed by atoms with E-state index in [-0.39, 0.29) is 17.8 Å². The molecule has 0 saturated carbocycles. The van der Waals surface area contributed by atoms with Crippen molar-refractivity contribution in [2.45, 2.75) is 25.4 Å². The molecular formula is C21H22FN5O. The third-order valence-electron chi connectivity index (χ3n) is 5.12. The van der Waals surface area contributed by atoms with Gasteiger partial charge in [0, 0.05) is 12.7 Å². The Labute approximate surface area is 163 Å². The maximum atomic E-state index is 13.2. The van der Waals surface area contributed by atoms with Crippen LogP contribution in [0.5, 0.6) is 0 Å². The zero-order valence-electron chi connectivity index (χ0n) is 15.7.